The van der Waals surface area contributed by atoms with Crippen molar-refractivity contribution in [2.75, 3.05) is 26.3 Å². The SMILES string of the molecule is O=NN(CCO)C[C@@H]1OC(O)(CO)[C@@H](O)[C@@H]1O. The lowest BCUT2D eigenvalue weighted by atomic mass is 10.1. The predicted molar refractivity (Wildman–Crippen MR) is 53.4 cm³/mol. The largest absolute Gasteiger partial charge is 0.394 e. The van der Waals surface area contributed by atoms with E-state index in [-0.39, 0.29) is 19.7 Å². The summed E-state index contributed by atoms with van der Waals surface area (Å²) in [4.78, 5) is 10.4. The van der Waals surface area contributed by atoms with E-state index >= 15 is 0 Å². The molecule has 1 saturated heterocycles. The third kappa shape index (κ3) is 2.89. The first-order valence-corrected chi connectivity index (χ1v) is 5.04. The van der Waals surface area contributed by atoms with Crippen LogP contribution in [0.15, 0.2) is 5.29 Å². The molecule has 4 atom stereocenters. The number of aliphatic hydroxyl groups is 5. The molecule has 1 unspecified atom stereocenters. The number of nitroso groups, excluding NO2 is 1. The number of hydrogen-bond donors (Lipinski definition) is 5. The molecule has 0 amide bonds. The number of ether oxygens (including phenoxy) is 1. The van der Waals surface area contributed by atoms with E-state index in [0.717, 1.165) is 5.01 Å². The van der Waals surface area contributed by atoms with Gasteiger partial charge >= 0.3 is 0 Å². The Hall–Kier alpha value is -0.840. The third-order valence-corrected chi connectivity index (χ3v) is 2.61. The van der Waals surface area contributed by atoms with Gasteiger partial charge in [0.1, 0.15) is 18.3 Å². The number of rotatable bonds is 6. The summed E-state index contributed by atoms with van der Waals surface area (Å²) >= 11 is 0. The lowest BCUT2D eigenvalue weighted by Gasteiger charge is -2.23. The highest BCUT2D eigenvalue weighted by atomic mass is 16.7. The number of aliphatic hydroxyl groups excluding tert-OH is 4. The highest BCUT2D eigenvalue weighted by Gasteiger charge is 2.53. The van der Waals surface area contributed by atoms with Gasteiger partial charge < -0.3 is 30.3 Å². The maximum atomic E-state index is 10.4. The minimum absolute atomic E-state index is 0.0657. The van der Waals surface area contributed by atoms with Crippen LogP contribution in [0.1, 0.15) is 0 Å². The zero-order valence-electron chi connectivity index (χ0n) is 9.01. The minimum Gasteiger partial charge on any atom is -0.394 e. The highest BCUT2D eigenvalue weighted by Crippen LogP contribution is 2.29. The fraction of sp³-hybridized carbons (Fsp3) is 1.00. The molecule has 0 aliphatic carbocycles. The summed E-state index contributed by atoms with van der Waals surface area (Å²) in [5.41, 5.74) is 0. The molecule has 1 aliphatic heterocycles. The number of nitrogens with zero attached hydrogens (tertiary/aromatic N) is 2. The summed E-state index contributed by atoms with van der Waals surface area (Å²) < 4.78 is 4.88. The molecule has 1 rings (SSSR count). The second kappa shape index (κ2) is 5.67. The lowest BCUT2D eigenvalue weighted by molar-refractivity contribution is -0.246. The van der Waals surface area contributed by atoms with E-state index in [1.807, 2.05) is 0 Å². The highest BCUT2D eigenvalue weighted by molar-refractivity contribution is 4.96. The van der Waals surface area contributed by atoms with Crippen LogP contribution in [-0.2, 0) is 4.74 Å². The summed E-state index contributed by atoms with van der Waals surface area (Å²) in [5.74, 6) is -2.25. The maximum absolute atomic E-state index is 10.4. The Balaban J connectivity index is 2.64. The Bertz CT molecular complexity index is 266. The summed E-state index contributed by atoms with van der Waals surface area (Å²) in [5, 5.41) is 49.5. The van der Waals surface area contributed by atoms with Crippen molar-refractivity contribution in [1.82, 2.24) is 5.01 Å². The Morgan fingerprint density at radius 3 is 2.41 bits per heavy atom. The van der Waals surface area contributed by atoms with Gasteiger partial charge in [-0.2, -0.15) is 0 Å². The number of hydrogen-bond acceptors (Lipinski definition) is 8. The second-order valence-electron chi connectivity index (χ2n) is 3.81. The molecular formula is C8H16N2O7. The molecule has 9 nitrogen and oxygen atoms in total. The summed E-state index contributed by atoms with van der Waals surface area (Å²) in [6.07, 6.45) is -4.23. The van der Waals surface area contributed by atoms with Crippen LogP contribution in [0.25, 0.3) is 0 Å². The molecule has 0 bridgehead atoms. The van der Waals surface area contributed by atoms with E-state index in [1.165, 1.54) is 0 Å². The first-order valence-electron chi connectivity index (χ1n) is 5.04. The topological polar surface area (TPSA) is 143 Å². The molecule has 0 aromatic carbocycles. The van der Waals surface area contributed by atoms with Crippen molar-refractivity contribution >= 4 is 0 Å². The molecule has 0 aromatic heterocycles. The van der Waals surface area contributed by atoms with Gasteiger partial charge in [-0.15, -0.1) is 4.91 Å². The Morgan fingerprint density at radius 1 is 1.35 bits per heavy atom. The van der Waals surface area contributed by atoms with Gasteiger partial charge in [-0.1, -0.05) is 0 Å². The average molecular weight is 252 g/mol. The summed E-state index contributed by atoms with van der Waals surface area (Å²) in [6.45, 7) is -1.49. The second-order valence-corrected chi connectivity index (χ2v) is 3.81. The van der Waals surface area contributed by atoms with Crippen molar-refractivity contribution in [1.29, 1.82) is 0 Å². The van der Waals surface area contributed by atoms with Crippen LogP contribution in [0.3, 0.4) is 0 Å². The van der Waals surface area contributed by atoms with Crippen molar-refractivity contribution in [2.24, 2.45) is 5.29 Å². The summed E-state index contributed by atoms with van der Waals surface area (Å²) in [7, 11) is 0. The third-order valence-electron chi connectivity index (χ3n) is 2.61. The van der Waals surface area contributed by atoms with E-state index in [9.17, 15) is 20.2 Å². The molecule has 17 heavy (non-hydrogen) atoms. The van der Waals surface area contributed by atoms with Crippen LogP contribution in [-0.4, -0.2) is 80.9 Å². The van der Waals surface area contributed by atoms with Gasteiger partial charge in [-0.25, -0.2) is 0 Å². The van der Waals surface area contributed by atoms with E-state index in [2.05, 4.69) is 5.29 Å². The first-order chi connectivity index (χ1) is 7.98. The fourth-order valence-corrected chi connectivity index (χ4v) is 1.64. The van der Waals surface area contributed by atoms with Crippen molar-refractivity contribution in [2.45, 2.75) is 24.1 Å². The Labute approximate surface area is 96.8 Å². The molecule has 100 valence electrons. The first kappa shape index (κ1) is 14.2. The zero-order chi connectivity index (χ0) is 13.1. The quantitative estimate of drug-likeness (QED) is 0.245. The van der Waals surface area contributed by atoms with E-state index in [4.69, 9.17) is 14.9 Å². The van der Waals surface area contributed by atoms with Crippen molar-refractivity contribution < 1.29 is 30.3 Å². The van der Waals surface area contributed by atoms with Gasteiger partial charge in [0, 0.05) is 0 Å². The standard InChI is InChI=1S/C8H16N2O7/c11-2-1-10(9-16)3-5-6(13)7(14)8(15,4-12)17-5/h5-7,11-15H,1-4H2/t5-,6+,7-,8?/m0/s1. The van der Waals surface area contributed by atoms with Crippen LogP contribution >= 0.6 is 0 Å². The van der Waals surface area contributed by atoms with Crippen LogP contribution in [0, 0.1) is 4.91 Å². The normalized spacial score (nSPS) is 37.1. The molecule has 0 saturated carbocycles. The monoisotopic (exact) mass is 252 g/mol. The van der Waals surface area contributed by atoms with Crippen molar-refractivity contribution in [3.63, 3.8) is 0 Å². The molecule has 1 heterocycles. The molecule has 0 aromatic rings. The molecule has 0 radical (unpaired) electrons. The average Bonchev–Trinajstić information content (AvgIpc) is 2.54. The molecule has 9 heteroatoms. The van der Waals surface area contributed by atoms with Crippen LogP contribution in [0.4, 0.5) is 0 Å². The molecule has 0 spiro atoms. The molecule has 1 fully saturated rings. The fourth-order valence-electron chi connectivity index (χ4n) is 1.64. The zero-order valence-corrected chi connectivity index (χ0v) is 9.01. The van der Waals surface area contributed by atoms with E-state index < -0.39 is 30.7 Å². The van der Waals surface area contributed by atoms with E-state index in [1.54, 1.807) is 0 Å². The van der Waals surface area contributed by atoms with Gasteiger partial charge in [-0.05, 0) is 0 Å². The van der Waals surface area contributed by atoms with Crippen LogP contribution in [0.5, 0.6) is 0 Å². The van der Waals surface area contributed by atoms with Gasteiger partial charge in [-0.3, -0.25) is 5.01 Å². The lowest BCUT2D eigenvalue weighted by Crippen LogP contribution is -2.46. The Kier molecular flexibility index (Phi) is 4.74. The van der Waals surface area contributed by atoms with Gasteiger partial charge in [0.05, 0.1) is 31.6 Å². The van der Waals surface area contributed by atoms with Crippen molar-refractivity contribution in [3.8, 4) is 0 Å². The van der Waals surface area contributed by atoms with E-state index in [0.29, 0.717) is 0 Å². The smallest absolute Gasteiger partial charge is 0.219 e. The van der Waals surface area contributed by atoms with Gasteiger partial charge in [0.2, 0.25) is 5.79 Å². The van der Waals surface area contributed by atoms with Gasteiger partial charge in [0.25, 0.3) is 0 Å². The van der Waals surface area contributed by atoms with Crippen LogP contribution in [0.2, 0.25) is 0 Å². The maximum Gasteiger partial charge on any atom is 0.219 e. The van der Waals surface area contributed by atoms with Crippen LogP contribution < -0.4 is 0 Å². The molecular weight excluding hydrogens is 236 g/mol. The van der Waals surface area contributed by atoms with Gasteiger partial charge in [0.15, 0.2) is 0 Å². The molecule has 1 aliphatic rings. The Morgan fingerprint density at radius 2 is 2.00 bits per heavy atom. The molecule has 5 N–H and O–H groups in total. The minimum atomic E-state index is -2.25. The summed E-state index contributed by atoms with van der Waals surface area (Å²) in [6, 6.07) is 0. The predicted octanol–water partition coefficient (Wildman–Crippen LogP) is -3.24. The van der Waals surface area contributed by atoms with Crippen molar-refractivity contribution in [3.05, 3.63) is 4.91 Å².